The van der Waals surface area contributed by atoms with E-state index in [0.717, 1.165) is 0 Å². The summed E-state index contributed by atoms with van der Waals surface area (Å²) in [6, 6.07) is 5.52. The van der Waals surface area contributed by atoms with Gasteiger partial charge in [0.2, 0.25) is 0 Å². The number of carbonyl (C=O) groups excluding carboxylic acids is 3. The highest BCUT2D eigenvalue weighted by molar-refractivity contribution is 5.95. The molecular formula is C15H18N2O5. The molecule has 1 aromatic carbocycles. The van der Waals surface area contributed by atoms with Crippen molar-refractivity contribution in [3.8, 4) is 5.75 Å². The summed E-state index contributed by atoms with van der Waals surface area (Å²) in [7, 11) is 0. The molecule has 118 valence electrons. The third-order valence-electron chi connectivity index (χ3n) is 2.40. The summed E-state index contributed by atoms with van der Waals surface area (Å²) in [6.45, 7) is 5.39. The number of hydrogen-bond donors (Lipinski definition) is 2. The minimum atomic E-state index is -0.619. The third kappa shape index (κ3) is 6.08. The molecule has 2 N–H and O–H groups in total. The number of ether oxygens (including phenoxy) is 2. The molecule has 1 aromatic rings. The molecule has 1 rings (SSSR count). The quantitative estimate of drug-likeness (QED) is 0.584. The van der Waals surface area contributed by atoms with Crippen LogP contribution in [0.4, 0.5) is 4.79 Å². The number of carbonyl (C=O) groups is 3. The van der Waals surface area contributed by atoms with E-state index >= 15 is 0 Å². The van der Waals surface area contributed by atoms with Crippen molar-refractivity contribution in [2.75, 3.05) is 19.8 Å². The number of rotatable bonds is 7. The van der Waals surface area contributed by atoms with Crippen molar-refractivity contribution in [3.63, 3.8) is 0 Å². The van der Waals surface area contributed by atoms with Crippen LogP contribution in [0.1, 0.15) is 17.3 Å². The van der Waals surface area contributed by atoms with Crippen molar-refractivity contribution in [2.45, 2.75) is 6.92 Å². The average Bonchev–Trinajstić information content (AvgIpc) is 2.51. The average molecular weight is 306 g/mol. The Bertz CT molecular complexity index is 539. The highest BCUT2D eigenvalue weighted by atomic mass is 16.5. The fraction of sp³-hybridized carbons (Fsp3) is 0.267. The number of esters is 1. The van der Waals surface area contributed by atoms with Gasteiger partial charge >= 0.3 is 12.0 Å². The molecule has 0 atom stereocenters. The van der Waals surface area contributed by atoms with Crippen LogP contribution in [0.15, 0.2) is 36.9 Å². The molecule has 0 aliphatic rings. The molecule has 0 fully saturated rings. The van der Waals surface area contributed by atoms with Crippen LogP contribution in [0, 0.1) is 0 Å². The predicted octanol–water partition coefficient (Wildman–Crippen LogP) is 1.25. The number of amides is 3. The fourth-order valence-electron chi connectivity index (χ4n) is 1.42. The first-order chi connectivity index (χ1) is 10.6. The van der Waals surface area contributed by atoms with Crippen molar-refractivity contribution in [1.29, 1.82) is 0 Å². The van der Waals surface area contributed by atoms with E-state index in [-0.39, 0.29) is 13.2 Å². The number of imide groups is 1. The Morgan fingerprint density at radius 2 is 1.91 bits per heavy atom. The molecule has 0 unspecified atom stereocenters. The summed E-state index contributed by atoms with van der Waals surface area (Å²) in [5.41, 5.74) is 0.391. The monoisotopic (exact) mass is 306 g/mol. The van der Waals surface area contributed by atoms with Gasteiger partial charge in [0, 0.05) is 6.54 Å². The first kappa shape index (κ1) is 17.2. The molecule has 0 spiro atoms. The maximum absolute atomic E-state index is 11.5. The molecular weight excluding hydrogens is 288 g/mol. The summed E-state index contributed by atoms with van der Waals surface area (Å²) in [6.07, 6.45) is 1.49. The number of nitrogens with one attached hydrogen (secondary N) is 2. The molecule has 3 amide bonds. The number of benzene rings is 1. The van der Waals surface area contributed by atoms with Crippen molar-refractivity contribution >= 4 is 17.9 Å². The zero-order valence-electron chi connectivity index (χ0n) is 12.3. The van der Waals surface area contributed by atoms with Crippen LogP contribution in [0.5, 0.6) is 5.75 Å². The normalized spacial score (nSPS) is 9.50. The minimum absolute atomic E-state index is 0.259. The van der Waals surface area contributed by atoms with Gasteiger partial charge in [-0.05, 0) is 31.2 Å². The van der Waals surface area contributed by atoms with E-state index in [1.807, 2.05) is 0 Å². The molecule has 0 aromatic heterocycles. The maximum atomic E-state index is 11.5. The van der Waals surface area contributed by atoms with E-state index < -0.39 is 17.9 Å². The van der Waals surface area contributed by atoms with E-state index in [4.69, 9.17) is 9.47 Å². The van der Waals surface area contributed by atoms with Crippen LogP contribution >= 0.6 is 0 Å². The van der Waals surface area contributed by atoms with Gasteiger partial charge in [0.25, 0.3) is 5.91 Å². The Balaban J connectivity index is 2.41. The Kier molecular flexibility index (Phi) is 7.18. The van der Waals surface area contributed by atoms with Crippen molar-refractivity contribution in [1.82, 2.24) is 10.6 Å². The second-order valence-electron chi connectivity index (χ2n) is 4.08. The standard InChI is InChI=1S/C15H18N2O5/c1-3-9-16-15(20)17-13(18)10-22-12-7-5-11(6-8-12)14(19)21-4-2/h3,5-8H,1,4,9-10H2,2H3,(H2,16,17,18,20). The van der Waals surface area contributed by atoms with Gasteiger partial charge in [-0.3, -0.25) is 10.1 Å². The van der Waals surface area contributed by atoms with Gasteiger partial charge in [-0.15, -0.1) is 6.58 Å². The molecule has 7 nitrogen and oxygen atoms in total. The van der Waals surface area contributed by atoms with Crippen LogP contribution in [0.2, 0.25) is 0 Å². The smallest absolute Gasteiger partial charge is 0.338 e. The zero-order valence-corrected chi connectivity index (χ0v) is 12.3. The molecule has 0 radical (unpaired) electrons. The van der Waals surface area contributed by atoms with Crippen molar-refractivity contribution < 1.29 is 23.9 Å². The summed E-state index contributed by atoms with van der Waals surface area (Å²) in [5.74, 6) is -0.614. The molecule has 0 aliphatic carbocycles. The van der Waals surface area contributed by atoms with Gasteiger partial charge in [-0.1, -0.05) is 6.08 Å². The second-order valence-corrected chi connectivity index (χ2v) is 4.08. The lowest BCUT2D eigenvalue weighted by Crippen LogP contribution is -2.41. The lowest BCUT2D eigenvalue weighted by molar-refractivity contribution is -0.122. The number of hydrogen-bond acceptors (Lipinski definition) is 5. The van der Waals surface area contributed by atoms with Gasteiger partial charge in [0.05, 0.1) is 12.2 Å². The Morgan fingerprint density at radius 3 is 2.50 bits per heavy atom. The first-order valence-electron chi connectivity index (χ1n) is 6.65. The first-order valence-corrected chi connectivity index (χ1v) is 6.65. The highest BCUT2D eigenvalue weighted by Crippen LogP contribution is 2.12. The Hall–Kier alpha value is -2.83. The fourth-order valence-corrected chi connectivity index (χ4v) is 1.42. The molecule has 0 aliphatic heterocycles. The van der Waals surface area contributed by atoms with Crippen LogP contribution in [0.25, 0.3) is 0 Å². The summed E-state index contributed by atoms with van der Waals surface area (Å²) in [4.78, 5) is 34.1. The topological polar surface area (TPSA) is 93.7 Å². The highest BCUT2D eigenvalue weighted by Gasteiger charge is 2.09. The van der Waals surface area contributed by atoms with Gasteiger partial charge in [-0.25, -0.2) is 9.59 Å². The zero-order chi connectivity index (χ0) is 16.4. The lowest BCUT2D eigenvalue weighted by atomic mass is 10.2. The van der Waals surface area contributed by atoms with E-state index in [9.17, 15) is 14.4 Å². The van der Waals surface area contributed by atoms with Gasteiger partial charge in [0.15, 0.2) is 6.61 Å². The predicted molar refractivity (Wildman–Crippen MR) is 79.6 cm³/mol. The third-order valence-corrected chi connectivity index (χ3v) is 2.40. The van der Waals surface area contributed by atoms with Crippen molar-refractivity contribution in [3.05, 3.63) is 42.5 Å². The van der Waals surface area contributed by atoms with Crippen LogP contribution < -0.4 is 15.4 Å². The van der Waals surface area contributed by atoms with Gasteiger partial charge in [-0.2, -0.15) is 0 Å². The largest absolute Gasteiger partial charge is 0.484 e. The second kappa shape index (κ2) is 9.17. The van der Waals surface area contributed by atoms with Gasteiger partial charge < -0.3 is 14.8 Å². The molecule has 0 saturated heterocycles. The van der Waals surface area contributed by atoms with Crippen LogP contribution in [-0.4, -0.2) is 37.7 Å². The Morgan fingerprint density at radius 1 is 1.23 bits per heavy atom. The molecule has 0 saturated carbocycles. The summed E-state index contributed by atoms with van der Waals surface area (Å²) in [5, 5.41) is 4.49. The van der Waals surface area contributed by atoms with E-state index in [0.29, 0.717) is 17.9 Å². The summed E-state index contributed by atoms with van der Waals surface area (Å²) >= 11 is 0. The van der Waals surface area contributed by atoms with E-state index in [2.05, 4.69) is 17.2 Å². The molecule has 22 heavy (non-hydrogen) atoms. The minimum Gasteiger partial charge on any atom is -0.484 e. The number of urea groups is 1. The SMILES string of the molecule is C=CCNC(=O)NC(=O)COc1ccc(C(=O)OCC)cc1. The molecule has 0 bridgehead atoms. The molecule has 0 heterocycles. The van der Waals surface area contributed by atoms with Crippen molar-refractivity contribution in [2.24, 2.45) is 0 Å². The Labute approximate surface area is 128 Å². The van der Waals surface area contributed by atoms with Crippen LogP contribution in [-0.2, 0) is 9.53 Å². The van der Waals surface area contributed by atoms with Gasteiger partial charge in [0.1, 0.15) is 5.75 Å². The van der Waals surface area contributed by atoms with E-state index in [1.54, 1.807) is 6.92 Å². The van der Waals surface area contributed by atoms with E-state index in [1.165, 1.54) is 30.3 Å². The lowest BCUT2D eigenvalue weighted by Gasteiger charge is -2.08. The van der Waals surface area contributed by atoms with Crippen LogP contribution in [0.3, 0.4) is 0 Å². The molecule has 7 heteroatoms. The summed E-state index contributed by atoms with van der Waals surface area (Å²) < 4.78 is 10.1. The maximum Gasteiger partial charge on any atom is 0.338 e.